The van der Waals surface area contributed by atoms with Gasteiger partial charge in [-0.25, -0.2) is 0 Å². The molecule has 0 radical (unpaired) electrons. The van der Waals surface area contributed by atoms with Gasteiger partial charge in [0.25, 0.3) is 5.69 Å². The van der Waals surface area contributed by atoms with Gasteiger partial charge in [-0.2, -0.15) is 0 Å². The summed E-state index contributed by atoms with van der Waals surface area (Å²) < 4.78 is 0. The van der Waals surface area contributed by atoms with Gasteiger partial charge in [-0.05, 0) is 12.3 Å². The van der Waals surface area contributed by atoms with Gasteiger partial charge in [0.15, 0.2) is 0 Å². The van der Waals surface area contributed by atoms with E-state index in [1.165, 1.54) is 6.07 Å². The summed E-state index contributed by atoms with van der Waals surface area (Å²) in [5.41, 5.74) is 6.67. The van der Waals surface area contributed by atoms with E-state index in [1.807, 2.05) is 0 Å². The van der Waals surface area contributed by atoms with Crippen LogP contribution < -0.4 is 5.73 Å². The van der Waals surface area contributed by atoms with Gasteiger partial charge in [0.05, 0.1) is 4.92 Å². The van der Waals surface area contributed by atoms with Crippen LogP contribution in [0, 0.1) is 16.0 Å². The normalized spacial score (nSPS) is 12.8. The van der Waals surface area contributed by atoms with Crippen LogP contribution in [0.3, 0.4) is 0 Å². The van der Waals surface area contributed by atoms with Crippen molar-refractivity contribution >= 4 is 5.69 Å². The summed E-state index contributed by atoms with van der Waals surface area (Å²) >= 11 is 0. The van der Waals surface area contributed by atoms with Gasteiger partial charge >= 0.3 is 0 Å². The summed E-state index contributed by atoms with van der Waals surface area (Å²) in [6.45, 7) is 4.10. The summed E-state index contributed by atoms with van der Waals surface area (Å²) in [6, 6.07) is 6.40. The van der Waals surface area contributed by atoms with Crippen LogP contribution in [-0.2, 0) is 0 Å². The lowest BCUT2D eigenvalue weighted by atomic mass is 9.97. The van der Waals surface area contributed by atoms with Gasteiger partial charge in [0.1, 0.15) is 0 Å². The second-order valence-corrected chi connectivity index (χ2v) is 4.05. The molecule has 0 fully saturated rings. The molecule has 0 aromatic heterocycles. The average Bonchev–Trinajstić information content (AvgIpc) is 2.16. The molecule has 0 spiro atoms. The molecule has 0 bridgehead atoms. The van der Waals surface area contributed by atoms with Gasteiger partial charge in [-0.1, -0.05) is 32.0 Å². The second kappa shape index (κ2) is 4.89. The molecule has 15 heavy (non-hydrogen) atoms. The van der Waals surface area contributed by atoms with E-state index < -0.39 is 0 Å². The van der Waals surface area contributed by atoms with E-state index in [0.29, 0.717) is 11.5 Å². The standard InChI is InChI=1S/C11H16N2O2/c1-8(2)7-10(12)9-5-3-4-6-11(9)13(14)15/h3-6,8,10H,7,12H2,1-2H3. The lowest BCUT2D eigenvalue weighted by Crippen LogP contribution is -2.14. The SMILES string of the molecule is CC(C)CC(N)c1ccccc1[N+](=O)[O-]. The highest BCUT2D eigenvalue weighted by molar-refractivity contribution is 5.41. The maximum absolute atomic E-state index is 10.8. The van der Waals surface area contributed by atoms with E-state index in [2.05, 4.69) is 13.8 Å². The molecule has 0 heterocycles. The van der Waals surface area contributed by atoms with Crippen molar-refractivity contribution in [3.8, 4) is 0 Å². The van der Waals surface area contributed by atoms with Crippen LogP contribution in [0.4, 0.5) is 5.69 Å². The first-order valence-corrected chi connectivity index (χ1v) is 5.01. The van der Waals surface area contributed by atoms with E-state index in [-0.39, 0.29) is 16.7 Å². The summed E-state index contributed by atoms with van der Waals surface area (Å²) in [5.74, 6) is 0.430. The molecule has 1 aromatic carbocycles. The lowest BCUT2D eigenvalue weighted by molar-refractivity contribution is -0.385. The molecule has 2 N–H and O–H groups in total. The Kier molecular flexibility index (Phi) is 3.80. The fourth-order valence-corrected chi connectivity index (χ4v) is 1.60. The van der Waals surface area contributed by atoms with Crippen LogP contribution in [0.5, 0.6) is 0 Å². The Morgan fingerprint density at radius 2 is 2.00 bits per heavy atom. The van der Waals surface area contributed by atoms with Crippen molar-refractivity contribution in [2.75, 3.05) is 0 Å². The number of benzene rings is 1. The zero-order chi connectivity index (χ0) is 11.4. The third kappa shape index (κ3) is 3.02. The molecule has 0 aliphatic carbocycles. The second-order valence-electron chi connectivity index (χ2n) is 4.05. The largest absolute Gasteiger partial charge is 0.324 e. The molecule has 82 valence electrons. The Balaban J connectivity index is 2.97. The van der Waals surface area contributed by atoms with Crippen LogP contribution in [0.2, 0.25) is 0 Å². The molecule has 0 amide bonds. The van der Waals surface area contributed by atoms with Crippen molar-refractivity contribution in [1.29, 1.82) is 0 Å². The molecular weight excluding hydrogens is 192 g/mol. The highest BCUT2D eigenvalue weighted by Gasteiger charge is 2.18. The molecule has 0 saturated heterocycles. The van der Waals surface area contributed by atoms with Crippen molar-refractivity contribution in [3.05, 3.63) is 39.9 Å². The van der Waals surface area contributed by atoms with Crippen molar-refractivity contribution in [3.63, 3.8) is 0 Å². The number of hydrogen-bond donors (Lipinski definition) is 1. The van der Waals surface area contributed by atoms with Crippen molar-refractivity contribution in [2.24, 2.45) is 11.7 Å². The predicted octanol–water partition coefficient (Wildman–Crippen LogP) is 2.64. The van der Waals surface area contributed by atoms with Crippen LogP contribution in [0.1, 0.15) is 31.9 Å². The van der Waals surface area contributed by atoms with Crippen LogP contribution in [-0.4, -0.2) is 4.92 Å². The summed E-state index contributed by atoms with van der Waals surface area (Å²) in [7, 11) is 0. The van der Waals surface area contributed by atoms with Gasteiger partial charge < -0.3 is 5.73 Å². The van der Waals surface area contributed by atoms with Gasteiger partial charge in [-0.3, -0.25) is 10.1 Å². The Morgan fingerprint density at radius 3 is 2.53 bits per heavy atom. The van der Waals surface area contributed by atoms with Crippen molar-refractivity contribution in [2.45, 2.75) is 26.3 Å². The van der Waals surface area contributed by atoms with E-state index in [4.69, 9.17) is 5.73 Å². The first-order chi connectivity index (χ1) is 7.02. The minimum atomic E-state index is -0.379. The number of nitrogens with zero attached hydrogens (tertiary/aromatic N) is 1. The third-order valence-corrected chi connectivity index (χ3v) is 2.26. The summed E-state index contributed by atoms with van der Waals surface area (Å²) in [6.07, 6.45) is 0.755. The van der Waals surface area contributed by atoms with Crippen molar-refractivity contribution < 1.29 is 4.92 Å². The monoisotopic (exact) mass is 208 g/mol. The first-order valence-electron chi connectivity index (χ1n) is 5.01. The molecular formula is C11H16N2O2. The lowest BCUT2D eigenvalue weighted by Gasteiger charge is -2.14. The average molecular weight is 208 g/mol. The van der Waals surface area contributed by atoms with Crippen molar-refractivity contribution in [1.82, 2.24) is 0 Å². The number of rotatable bonds is 4. The highest BCUT2D eigenvalue weighted by Crippen LogP contribution is 2.27. The molecule has 0 saturated carbocycles. The number of nitro groups is 1. The van der Waals surface area contributed by atoms with E-state index in [9.17, 15) is 10.1 Å². The maximum Gasteiger partial charge on any atom is 0.274 e. The van der Waals surface area contributed by atoms with Crippen LogP contribution >= 0.6 is 0 Å². The van der Waals surface area contributed by atoms with Crippen LogP contribution in [0.25, 0.3) is 0 Å². The number of nitro benzene ring substituents is 1. The van der Waals surface area contributed by atoms with Gasteiger partial charge in [-0.15, -0.1) is 0 Å². The molecule has 0 aliphatic heterocycles. The highest BCUT2D eigenvalue weighted by atomic mass is 16.6. The molecule has 4 heteroatoms. The predicted molar refractivity (Wildman–Crippen MR) is 59.5 cm³/mol. The van der Waals surface area contributed by atoms with E-state index in [1.54, 1.807) is 18.2 Å². The molecule has 1 aromatic rings. The topological polar surface area (TPSA) is 69.2 Å². The summed E-state index contributed by atoms with van der Waals surface area (Å²) in [5, 5.41) is 10.8. The van der Waals surface area contributed by atoms with Gasteiger partial charge in [0, 0.05) is 17.7 Å². The third-order valence-electron chi connectivity index (χ3n) is 2.26. The molecule has 1 unspecified atom stereocenters. The molecule has 1 rings (SSSR count). The zero-order valence-electron chi connectivity index (χ0n) is 9.01. The number of para-hydroxylation sites is 1. The summed E-state index contributed by atoms with van der Waals surface area (Å²) in [4.78, 5) is 10.4. The maximum atomic E-state index is 10.8. The van der Waals surface area contributed by atoms with E-state index in [0.717, 1.165) is 6.42 Å². The Bertz CT molecular complexity index is 350. The zero-order valence-corrected chi connectivity index (χ0v) is 9.01. The minimum Gasteiger partial charge on any atom is -0.324 e. The van der Waals surface area contributed by atoms with Gasteiger partial charge in [0.2, 0.25) is 0 Å². The first kappa shape index (κ1) is 11.7. The molecule has 4 nitrogen and oxygen atoms in total. The fourth-order valence-electron chi connectivity index (χ4n) is 1.60. The Hall–Kier alpha value is -1.42. The number of hydrogen-bond acceptors (Lipinski definition) is 3. The number of nitrogens with two attached hydrogens (primary N) is 1. The van der Waals surface area contributed by atoms with Crippen LogP contribution in [0.15, 0.2) is 24.3 Å². The molecule has 0 aliphatic rings. The quantitative estimate of drug-likeness (QED) is 0.610. The smallest absolute Gasteiger partial charge is 0.274 e. The molecule has 1 atom stereocenters. The fraction of sp³-hybridized carbons (Fsp3) is 0.455. The Morgan fingerprint density at radius 1 is 1.40 bits per heavy atom. The minimum absolute atomic E-state index is 0.116. The Labute approximate surface area is 89.2 Å². The van der Waals surface area contributed by atoms with E-state index >= 15 is 0 Å².